The van der Waals surface area contributed by atoms with Crippen LogP contribution in [0.5, 0.6) is 0 Å². The summed E-state index contributed by atoms with van der Waals surface area (Å²) < 4.78 is 13.7. The number of amides is 2. The fourth-order valence-electron chi connectivity index (χ4n) is 3.30. The minimum absolute atomic E-state index is 0.0428. The predicted octanol–water partition coefficient (Wildman–Crippen LogP) is 2.46. The molecule has 0 N–H and O–H groups in total. The van der Waals surface area contributed by atoms with Gasteiger partial charge in [-0.05, 0) is 25.0 Å². The van der Waals surface area contributed by atoms with Crippen LogP contribution in [0.15, 0.2) is 30.5 Å². The van der Waals surface area contributed by atoms with Crippen molar-refractivity contribution in [2.75, 3.05) is 20.1 Å². The Bertz CT molecular complexity index is 793. The molecule has 1 aliphatic heterocycles. The van der Waals surface area contributed by atoms with E-state index in [9.17, 15) is 14.0 Å². The number of carbonyl (C=O) groups excluding carboxylic acids is 2. The molecule has 1 fully saturated rings. The first-order chi connectivity index (χ1) is 11.5. The largest absolute Gasteiger partial charge is 0.340 e. The zero-order chi connectivity index (χ0) is 17.3. The number of hydrogen-bond donors (Lipinski definition) is 0. The van der Waals surface area contributed by atoms with Gasteiger partial charge < -0.3 is 9.80 Å². The molecule has 6 heteroatoms. The Morgan fingerprint density at radius 2 is 2.21 bits per heavy atom. The molecule has 1 unspecified atom stereocenters. The fourth-order valence-corrected chi connectivity index (χ4v) is 3.30. The van der Waals surface area contributed by atoms with Crippen LogP contribution in [0.25, 0.3) is 10.9 Å². The summed E-state index contributed by atoms with van der Waals surface area (Å²) in [5, 5.41) is 0.598. The van der Waals surface area contributed by atoms with Gasteiger partial charge >= 0.3 is 0 Å². The van der Waals surface area contributed by atoms with E-state index in [0.717, 1.165) is 19.4 Å². The molecule has 24 heavy (non-hydrogen) atoms. The number of pyridine rings is 1. The zero-order valence-electron chi connectivity index (χ0n) is 13.8. The van der Waals surface area contributed by atoms with E-state index in [0.29, 0.717) is 17.5 Å². The summed E-state index contributed by atoms with van der Waals surface area (Å²) in [5.74, 6) is -0.534. The van der Waals surface area contributed by atoms with Gasteiger partial charge in [0.25, 0.3) is 5.91 Å². The summed E-state index contributed by atoms with van der Waals surface area (Å²) in [6.45, 7) is 2.79. The highest BCUT2D eigenvalue weighted by atomic mass is 19.1. The fraction of sp³-hybridized carbons (Fsp3) is 0.389. The number of carbonyl (C=O) groups is 2. The van der Waals surface area contributed by atoms with Crippen molar-refractivity contribution in [2.45, 2.75) is 25.8 Å². The molecule has 1 aromatic carbocycles. The molecule has 126 valence electrons. The molecule has 0 aliphatic carbocycles. The number of benzene rings is 1. The van der Waals surface area contributed by atoms with E-state index >= 15 is 0 Å². The lowest BCUT2D eigenvalue weighted by molar-refractivity contribution is -0.129. The zero-order valence-corrected chi connectivity index (χ0v) is 13.8. The molecule has 2 aromatic rings. The summed E-state index contributed by atoms with van der Waals surface area (Å²) in [6, 6.07) is 6.39. The average Bonchev–Trinajstić information content (AvgIpc) is 3.02. The number of fused-ring (bicyclic) bond motifs is 1. The van der Waals surface area contributed by atoms with Gasteiger partial charge in [0.15, 0.2) is 0 Å². The molecule has 3 rings (SSSR count). The molecular formula is C18H20FN3O2. The normalized spacial score (nSPS) is 17.3. The molecule has 1 saturated heterocycles. The first-order valence-electron chi connectivity index (χ1n) is 8.04. The SMILES string of the molecule is CC(=O)N1CCCC1CN(C)C(=O)c1cnc2c(F)cccc2c1. The molecule has 2 amide bonds. The second-order valence-corrected chi connectivity index (χ2v) is 6.23. The third kappa shape index (κ3) is 3.09. The Hall–Kier alpha value is -2.50. The lowest BCUT2D eigenvalue weighted by Gasteiger charge is -2.28. The lowest BCUT2D eigenvalue weighted by atomic mass is 10.1. The van der Waals surface area contributed by atoms with Gasteiger partial charge in [-0.25, -0.2) is 4.39 Å². The van der Waals surface area contributed by atoms with Crippen LogP contribution < -0.4 is 0 Å². The van der Waals surface area contributed by atoms with E-state index in [1.54, 1.807) is 37.1 Å². The quantitative estimate of drug-likeness (QED) is 0.869. The minimum atomic E-state index is -0.400. The van der Waals surface area contributed by atoms with Crippen LogP contribution in [0.3, 0.4) is 0 Å². The number of aromatic nitrogens is 1. The van der Waals surface area contributed by atoms with Crippen molar-refractivity contribution in [3.63, 3.8) is 0 Å². The number of likely N-dealkylation sites (N-methyl/N-ethyl adjacent to an activating group) is 1. The molecular weight excluding hydrogens is 309 g/mol. The van der Waals surface area contributed by atoms with Gasteiger partial charge in [0.05, 0.1) is 5.56 Å². The van der Waals surface area contributed by atoms with Crippen molar-refractivity contribution in [2.24, 2.45) is 0 Å². The summed E-state index contributed by atoms with van der Waals surface area (Å²) >= 11 is 0. The van der Waals surface area contributed by atoms with Crippen LogP contribution in [-0.4, -0.2) is 52.8 Å². The highest BCUT2D eigenvalue weighted by molar-refractivity contribution is 5.97. The van der Waals surface area contributed by atoms with Crippen molar-refractivity contribution in [1.29, 1.82) is 0 Å². The van der Waals surface area contributed by atoms with Crippen LogP contribution in [0, 0.1) is 5.82 Å². The summed E-state index contributed by atoms with van der Waals surface area (Å²) in [7, 11) is 1.72. The Kier molecular flexibility index (Phi) is 4.46. The van der Waals surface area contributed by atoms with Gasteiger partial charge in [-0.15, -0.1) is 0 Å². The topological polar surface area (TPSA) is 53.5 Å². The van der Waals surface area contributed by atoms with Crippen LogP contribution in [0.1, 0.15) is 30.1 Å². The molecule has 1 aromatic heterocycles. The van der Waals surface area contributed by atoms with Crippen LogP contribution in [-0.2, 0) is 4.79 Å². The Balaban J connectivity index is 1.77. The monoisotopic (exact) mass is 329 g/mol. The minimum Gasteiger partial charge on any atom is -0.340 e. The second kappa shape index (κ2) is 6.55. The number of rotatable bonds is 3. The maximum Gasteiger partial charge on any atom is 0.255 e. The Morgan fingerprint density at radius 1 is 1.42 bits per heavy atom. The average molecular weight is 329 g/mol. The molecule has 0 bridgehead atoms. The third-order valence-corrected chi connectivity index (χ3v) is 4.52. The van der Waals surface area contributed by atoms with E-state index < -0.39 is 5.82 Å². The molecule has 2 heterocycles. The van der Waals surface area contributed by atoms with Gasteiger partial charge in [0.2, 0.25) is 5.91 Å². The predicted molar refractivity (Wildman–Crippen MR) is 89.1 cm³/mol. The number of likely N-dealkylation sites (tertiary alicyclic amines) is 1. The van der Waals surface area contributed by atoms with Crippen LogP contribution in [0.4, 0.5) is 4.39 Å². The first-order valence-corrected chi connectivity index (χ1v) is 8.04. The van der Waals surface area contributed by atoms with E-state index in [-0.39, 0.29) is 23.4 Å². The smallest absolute Gasteiger partial charge is 0.255 e. The van der Waals surface area contributed by atoms with E-state index in [1.165, 1.54) is 12.3 Å². The van der Waals surface area contributed by atoms with Gasteiger partial charge in [-0.1, -0.05) is 12.1 Å². The maximum atomic E-state index is 13.7. The van der Waals surface area contributed by atoms with E-state index in [2.05, 4.69) is 4.98 Å². The molecule has 5 nitrogen and oxygen atoms in total. The third-order valence-electron chi connectivity index (χ3n) is 4.52. The van der Waals surface area contributed by atoms with Crippen LogP contribution in [0.2, 0.25) is 0 Å². The molecule has 0 spiro atoms. The molecule has 0 saturated carbocycles. The Morgan fingerprint density at radius 3 is 2.96 bits per heavy atom. The van der Waals surface area contributed by atoms with Gasteiger partial charge in [0, 0.05) is 44.7 Å². The summed E-state index contributed by atoms with van der Waals surface area (Å²) in [6.07, 6.45) is 3.27. The number of nitrogens with zero attached hydrogens (tertiary/aromatic N) is 3. The molecule has 1 aliphatic rings. The lowest BCUT2D eigenvalue weighted by Crippen LogP contribution is -2.43. The first kappa shape index (κ1) is 16.4. The highest BCUT2D eigenvalue weighted by Crippen LogP contribution is 2.20. The number of hydrogen-bond acceptors (Lipinski definition) is 3. The summed E-state index contributed by atoms with van der Waals surface area (Å²) in [4.78, 5) is 31.8. The van der Waals surface area contributed by atoms with Crippen molar-refractivity contribution in [1.82, 2.24) is 14.8 Å². The van der Waals surface area contributed by atoms with E-state index in [4.69, 9.17) is 0 Å². The van der Waals surface area contributed by atoms with Crippen molar-refractivity contribution in [3.05, 3.63) is 41.8 Å². The van der Waals surface area contributed by atoms with Crippen molar-refractivity contribution < 1.29 is 14.0 Å². The standard InChI is InChI=1S/C18H20FN3O2/c1-12(23)22-8-4-6-15(22)11-21(2)18(24)14-9-13-5-3-7-16(19)17(13)20-10-14/h3,5,7,9-10,15H,4,6,8,11H2,1-2H3. The molecule has 1 atom stereocenters. The summed E-state index contributed by atoms with van der Waals surface area (Å²) in [5.41, 5.74) is 0.679. The second-order valence-electron chi connectivity index (χ2n) is 6.23. The maximum absolute atomic E-state index is 13.7. The van der Waals surface area contributed by atoms with Gasteiger partial charge in [-0.3, -0.25) is 14.6 Å². The Labute approximate surface area is 140 Å². The number of para-hydroxylation sites is 1. The van der Waals surface area contributed by atoms with Crippen molar-refractivity contribution >= 4 is 22.7 Å². The molecule has 0 radical (unpaired) electrons. The van der Waals surface area contributed by atoms with Crippen LogP contribution >= 0.6 is 0 Å². The van der Waals surface area contributed by atoms with Crippen molar-refractivity contribution in [3.8, 4) is 0 Å². The van der Waals surface area contributed by atoms with E-state index in [1.807, 2.05) is 4.90 Å². The number of halogens is 1. The van der Waals surface area contributed by atoms with Gasteiger partial charge in [0.1, 0.15) is 11.3 Å². The van der Waals surface area contributed by atoms with Gasteiger partial charge in [-0.2, -0.15) is 0 Å². The highest BCUT2D eigenvalue weighted by Gasteiger charge is 2.28.